The van der Waals surface area contributed by atoms with E-state index in [0.29, 0.717) is 64.8 Å². The molecule has 0 saturated carbocycles. The van der Waals surface area contributed by atoms with Crippen molar-refractivity contribution in [2.75, 3.05) is 60.5 Å². The van der Waals surface area contributed by atoms with Crippen molar-refractivity contribution in [2.24, 2.45) is 22.7 Å². The fourth-order valence-electron chi connectivity index (χ4n) is 11.4. The molecule has 17 heteroatoms. The van der Waals surface area contributed by atoms with Gasteiger partial charge < -0.3 is 28.7 Å². The lowest BCUT2D eigenvalue weighted by Gasteiger charge is -2.36. The average Bonchev–Trinajstić information content (AvgIpc) is 3.60. The molecule has 5 aliphatic heterocycles. The Morgan fingerprint density at radius 2 is 1.85 bits per heavy atom. The summed E-state index contributed by atoms with van der Waals surface area (Å²) < 4.78 is 14.4. The fraction of sp³-hybridized carbons (Fsp3) is 0.589. The van der Waals surface area contributed by atoms with E-state index < -0.39 is 46.4 Å². The Labute approximate surface area is 434 Å². The second-order valence-corrected chi connectivity index (χ2v) is 23.7. The van der Waals surface area contributed by atoms with Gasteiger partial charge in [-0.15, -0.1) is 11.3 Å². The van der Waals surface area contributed by atoms with Crippen LogP contribution >= 0.6 is 11.3 Å². The predicted molar refractivity (Wildman–Crippen MR) is 281 cm³/mol. The molecular weight excluding hydrogens is 943 g/mol. The first-order valence-electron chi connectivity index (χ1n) is 26.1. The lowest BCUT2D eigenvalue weighted by Crippen LogP contribution is -2.58. The summed E-state index contributed by atoms with van der Waals surface area (Å²) in [6.45, 7) is 18.9. The van der Waals surface area contributed by atoms with Crippen LogP contribution < -0.4 is 5.43 Å². The number of esters is 1. The number of nitrogens with one attached hydrogen (secondary N) is 1. The van der Waals surface area contributed by atoms with Gasteiger partial charge in [0.15, 0.2) is 0 Å². The third-order valence-corrected chi connectivity index (χ3v) is 17.1. The summed E-state index contributed by atoms with van der Waals surface area (Å²) in [7, 11) is 5.53. The van der Waals surface area contributed by atoms with Crippen molar-refractivity contribution < 1.29 is 33.4 Å². The Kier molecular flexibility index (Phi) is 14.5. The maximum atomic E-state index is 15.0. The second-order valence-electron chi connectivity index (χ2n) is 22.8. The van der Waals surface area contributed by atoms with E-state index in [0.717, 1.165) is 49.7 Å². The molecule has 2 unspecified atom stereocenters. The molecule has 390 valence electrons. The number of hydrogen-bond acceptors (Lipinski definition) is 12. The number of carbonyl (C=O) groups excluding carboxylic acids is 5. The van der Waals surface area contributed by atoms with Gasteiger partial charge in [-0.2, -0.15) is 0 Å². The highest BCUT2D eigenvalue weighted by Crippen LogP contribution is 2.45. The number of pyridine rings is 1. The molecule has 5 aliphatic rings. The summed E-state index contributed by atoms with van der Waals surface area (Å²) >= 11 is 1.50. The Hall–Kier alpha value is -5.67. The average molecular weight is 1020 g/mol. The Balaban J connectivity index is 1.02. The zero-order valence-corrected chi connectivity index (χ0v) is 45.4. The summed E-state index contributed by atoms with van der Waals surface area (Å²) in [5, 5.41) is 5.44. The van der Waals surface area contributed by atoms with Crippen LogP contribution in [0.2, 0.25) is 0 Å². The number of thiazole rings is 1. The maximum Gasteiger partial charge on any atom is 0.324 e. The number of hydrazine groups is 1. The van der Waals surface area contributed by atoms with Crippen molar-refractivity contribution in [3.63, 3.8) is 0 Å². The van der Waals surface area contributed by atoms with Gasteiger partial charge in [0.05, 0.1) is 57.7 Å². The molecule has 3 aromatic heterocycles. The number of amides is 4. The van der Waals surface area contributed by atoms with Crippen molar-refractivity contribution >= 4 is 51.8 Å². The number of rotatable bonds is 9. The highest BCUT2D eigenvalue weighted by Gasteiger charge is 2.57. The van der Waals surface area contributed by atoms with E-state index in [1.54, 1.807) is 33.0 Å². The summed E-state index contributed by atoms with van der Waals surface area (Å²) in [4.78, 5) is 88.9. The van der Waals surface area contributed by atoms with E-state index in [1.807, 2.05) is 65.1 Å². The van der Waals surface area contributed by atoms with Gasteiger partial charge in [0.2, 0.25) is 17.7 Å². The van der Waals surface area contributed by atoms with Gasteiger partial charge in [-0.25, -0.2) is 10.4 Å². The summed E-state index contributed by atoms with van der Waals surface area (Å²) in [6.07, 6.45) is 4.58. The van der Waals surface area contributed by atoms with Crippen molar-refractivity contribution in [2.45, 2.75) is 130 Å². The number of nitrogens with zero attached hydrogens (tertiary/aromatic N) is 8. The summed E-state index contributed by atoms with van der Waals surface area (Å²) in [5.41, 5.74) is 8.31. The van der Waals surface area contributed by atoms with Crippen LogP contribution in [-0.2, 0) is 52.8 Å². The van der Waals surface area contributed by atoms with Crippen LogP contribution in [0, 0.1) is 34.5 Å². The monoisotopic (exact) mass is 1020 g/mol. The zero-order chi connectivity index (χ0) is 52.3. The van der Waals surface area contributed by atoms with E-state index in [4.69, 9.17) is 19.4 Å². The highest BCUT2D eigenvalue weighted by molar-refractivity contribution is 7.10. The van der Waals surface area contributed by atoms with Gasteiger partial charge in [0.25, 0.3) is 5.91 Å². The van der Waals surface area contributed by atoms with Crippen LogP contribution in [0.4, 0.5) is 0 Å². The first-order chi connectivity index (χ1) is 34.7. The number of hydrogen-bond donors (Lipinski definition) is 1. The predicted octanol–water partition coefficient (Wildman–Crippen LogP) is 6.36. The highest BCUT2D eigenvalue weighted by atomic mass is 32.1. The Morgan fingerprint density at radius 1 is 1.08 bits per heavy atom. The zero-order valence-electron chi connectivity index (χ0n) is 44.5. The number of aromatic nitrogens is 3. The number of carbonyl (C=O) groups is 5. The van der Waals surface area contributed by atoms with Crippen LogP contribution in [0.25, 0.3) is 33.4 Å². The van der Waals surface area contributed by atoms with Gasteiger partial charge in [-0.05, 0) is 116 Å². The number of likely N-dealkylation sites (tertiary alicyclic amines) is 2. The van der Waals surface area contributed by atoms with Crippen molar-refractivity contribution in [3.8, 4) is 34.4 Å². The van der Waals surface area contributed by atoms with Gasteiger partial charge in [-0.1, -0.05) is 39.7 Å². The third kappa shape index (κ3) is 10.0. The molecule has 1 spiro atoms. The lowest BCUT2D eigenvalue weighted by molar-refractivity contribution is -0.155. The van der Waals surface area contributed by atoms with E-state index >= 15 is 0 Å². The topological polar surface area (TPSA) is 163 Å². The summed E-state index contributed by atoms with van der Waals surface area (Å²) in [6, 6.07) is 8.62. The molecular formula is C56H73N9O7S. The lowest BCUT2D eigenvalue weighted by atomic mass is 9.84. The molecule has 16 nitrogen and oxygen atoms in total. The summed E-state index contributed by atoms with van der Waals surface area (Å²) in [5.74, 6) is 3.81. The molecule has 73 heavy (non-hydrogen) atoms. The number of cyclic esters (lactones) is 1. The number of benzene rings is 1. The van der Waals surface area contributed by atoms with Gasteiger partial charge in [-0.3, -0.25) is 38.9 Å². The standard InChI is InChI=1S/C56H73N9O7S/c1-12-62-43-18-17-36-27-38(43)40(49(62)37-15-13-23-57-47(37)35(4)71-11)29-54(5,6)33-72-52(69)41-16-14-24-65(59-41)50(67)39(28-45-58-42(36)31-73-45)44-30-64(44)51(68)48(34(2)3)63-26-22-56(53(63)70)21-25-61(32-56)46(66)19-20-55(7,8)60(9)10/h13,15,17-18,23,27,31,34-35,39,41,44,48,59H,12,14,16,21-22,24-26,28-30,32-33H2,1-11H3/t35-,39?,41-,44?,48-,56-,64?/m0/s1. The van der Waals surface area contributed by atoms with E-state index in [-0.39, 0.29) is 55.2 Å². The quantitative estimate of drug-likeness (QED) is 0.113. The van der Waals surface area contributed by atoms with Crippen molar-refractivity contribution in [1.29, 1.82) is 0 Å². The van der Waals surface area contributed by atoms with Gasteiger partial charge in [0, 0.05) is 91.8 Å². The SMILES string of the molecule is CCn1c(-c2cccnc2[C@H](C)OC)c2c3cc(ccc31)-c1csc(n1)CC(C1CN1C(=O)[C@H](C(C)C)N1CC[C@]3(CCN(C(=O)C#CC(C)(C)N(C)C)C3)C1=O)C(=O)N1CCC[C@H](N1)C(=O)OCC(C)(C)C2. The van der Waals surface area contributed by atoms with Crippen LogP contribution in [0.1, 0.15) is 103 Å². The maximum absolute atomic E-state index is 15.0. The van der Waals surface area contributed by atoms with Gasteiger partial charge in [0.1, 0.15) is 12.1 Å². The minimum atomic E-state index is -0.771. The van der Waals surface area contributed by atoms with Crippen molar-refractivity contribution in [3.05, 3.63) is 58.2 Å². The molecule has 1 aromatic carbocycles. The number of methoxy groups -OCH3 is 1. The first kappa shape index (κ1) is 52.2. The van der Waals surface area contributed by atoms with E-state index in [1.165, 1.54) is 11.3 Å². The van der Waals surface area contributed by atoms with Crippen molar-refractivity contribution in [1.82, 2.24) is 44.6 Å². The van der Waals surface area contributed by atoms with E-state index in [9.17, 15) is 24.0 Å². The molecule has 6 bridgehead atoms. The molecule has 9 rings (SSSR count). The molecule has 4 aromatic rings. The molecule has 4 amide bonds. The molecule has 6 atom stereocenters. The first-order valence-corrected chi connectivity index (χ1v) is 27.0. The minimum absolute atomic E-state index is 0.105. The largest absolute Gasteiger partial charge is 0.464 e. The van der Waals surface area contributed by atoms with Crippen LogP contribution in [0.3, 0.4) is 0 Å². The molecule has 1 N–H and O–H groups in total. The number of aryl methyl sites for hydroxylation is 1. The van der Waals surface area contributed by atoms with Gasteiger partial charge >= 0.3 is 5.97 Å². The Morgan fingerprint density at radius 3 is 2.58 bits per heavy atom. The smallest absolute Gasteiger partial charge is 0.324 e. The van der Waals surface area contributed by atoms with Crippen LogP contribution in [0.15, 0.2) is 41.9 Å². The minimum Gasteiger partial charge on any atom is -0.464 e. The number of fused-ring (bicyclic) bond motifs is 6. The van der Waals surface area contributed by atoms with Crippen LogP contribution in [-0.4, -0.2) is 153 Å². The third-order valence-electron chi connectivity index (χ3n) is 16.3. The normalized spacial score (nSPS) is 24.3. The molecule has 0 radical (unpaired) electrons. The van der Waals surface area contributed by atoms with E-state index in [2.05, 4.69) is 66.9 Å². The molecule has 4 fully saturated rings. The molecule has 4 saturated heterocycles. The number of ether oxygens (including phenoxy) is 2. The Bertz CT molecular complexity index is 2880. The molecule has 8 heterocycles. The van der Waals surface area contributed by atoms with Crippen LogP contribution in [0.5, 0.6) is 0 Å². The second kappa shape index (κ2) is 20.2. The fourth-order valence-corrected chi connectivity index (χ4v) is 12.3. The molecule has 0 aliphatic carbocycles.